The van der Waals surface area contributed by atoms with Crippen molar-refractivity contribution in [3.63, 3.8) is 0 Å². The number of hydrogen-bond donors (Lipinski definition) is 1. The Morgan fingerprint density at radius 3 is 2.78 bits per heavy atom. The number of aromatic amines is 1. The van der Waals surface area contributed by atoms with Crippen LogP contribution in [0.15, 0.2) is 41.6 Å². The molecule has 1 N–H and O–H groups in total. The van der Waals surface area contributed by atoms with Crippen molar-refractivity contribution in [3.05, 3.63) is 58.3 Å². The minimum atomic E-state index is -0.390. The first-order valence-electron chi connectivity index (χ1n) is 7.72. The molecule has 0 bridgehead atoms. The van der Waals surface area contributed by atoms with E-state index in [0.717, 1.165) is 13.1 Å². The van der Waals surface area contributed by atoms with Crippen molar-refractivity contribution in [2.24, 2.45) is 0 Å². The maximum absolute atomic E-state index is 12.6. The molecule has 1 aromatic heterocycles. The lowest BCUT2D eigenvalue weighted by atomic mass is 10.1. The zero-order valence-corrected chi connectivity index (χ0v) is 13.3. The number of aryl methyl sites for hydroxylation is 1. The van der Waals surface area contributed by atoms with Crippen molar-refractivity contribution in [2.75, 3.05) is 24.5 Å². The number of amides is 1. The monoisotopic (exact) mass is 312 g/mol. The Kier molecular flexibility index (Phi) is 4.14. The van der Waals surface area contributed by atoms with Gasteiger partial charge in [0.05, 0.1) is 6.33 Å². The molecule has 0 radical (unpaired) electrons. The molecule has 1 aromatic carbocycles. The second kappa shape index (κ2) is 6.24. The van der Waals surface area contributed by atoms with Gasteiger partial charge in [0.15, 0.2) is 0 Å². The summed E-state index contributed by atoms with van der Waals surface area (Å²) in [5.74, 6) is -0.253. The lowest BCUT2D eigenvalue weighted by Gasteiger charge is -2.41. The van der Waals surface area contributed by atoms with Gasteiger partial charge in [-0.1, -0.05) is 18.2 Å². The van der Waals surface area contributed by atoms with E-state index in [0.29, 0.717) is 6.54 Å². The van der Waals surface area contributed by atoms with E-state index in [1.807, 2.05) is 19.1 Å². The molecule has 1 aliphatic heterocycles. The Morgan fingerprint density at radius 1 is 1.30 bits per heavy atom. The number of aromatic nitrogens is 2. The number of piperazine rings is 1. The summed E-state index contributed by atoms with van der Waals surface area (Å²) in [5.41, 5.74) is 2.14. The van der Waals surface area contributed by atoms with Crippen molar-refractivity contribution < 1.29 is 4.79 Å². The third kappa shape index (κ3) is 2.97. The lowest BCUT2D eigenvalue weighted by Crippen LogP contribution is -2.54. The molecule has 0 aliphatic carbocycles. The highest BCUT2D eigenvalue weighted by Crippen LogP contribution is 2.23. The van der Waals surface area contributed by atoms with Gasteiger partial charge < -0.3 is 14.8 Å². The molecule has 1 atom stereocenters. The van der Waals surface area contributed by atoms with Crippen LogP contribution in [0.5, 0.6) is 0 Å². The van der Waals surface area contributed by atoms with E-state index in [9.17, 15) is 9.59 Å². The predicted octanol–water partition coefficient (Wildman–Crippen LogP) is 1.43. The van der Waals surface area contributed by atoms with Crippen LogP contribution in [-0.4, -0.2) is 46.5 Å². The molecular formula is C17H20N4O2. The van der Waals surface area contributed by atoms with Gasteiger partial charge in [0, 0.05) is 37.6 Å². The van der Waals surface area contributed by atoms with Gasteiger partial charge in [0.2, 0.25) is 0 Å². The van der Waals surface area contributed by atoms with Crippen LogP contribution in [0.1, 0.15) is 22.8 Å². The maximum atomic E-state index is 12.6. The Balaban J connectivity index is 1.77. The van der Waals surface area contributed by atoms with Crippen molar-refractivity contribution in [1.29, 1.82) is 0 Å². The third-order valence-corrected chi connectivity index (χ3v) is 4.29. The number of hydrogen-bond acceptors (Lipinski definition) is 4. The van der Waals surface area contributed by atoms with Crippen LogP contribution in [0.4, 0.5) is 5.69 Å². The number of nitrogens with zero attached hydrogens (tertiary/aromatic N) is 3. The Labute approximate surface area is 134 Å². The number of rotatable bonds is 2. The van der Waals surface area contributed by atoms with Gasteiger partial charge >= 0.3 is 0 Å². The number of H-pyrrole nitrogens is 1. The second-order valence-electron chi connectivity index (χ2n) is 5.87. The zero-order valence-electron chi connectivity index (χ0n) is 13.3. The van der Waals surface area contributed by atoms with Crippen molar-refractivity contribution in [2.45, 2.75) is 19.9 Å². The summed E-state index contributed by atoms with van der Waals surface area (Å²) in [7, 11) is 0. The lowest BCUT2D eigenvalue weighted by molar-refractivity contribution is 0.0671. The van der Waals surface area contributed by atoms with Crippen LogP contribution >= 0.6 is 0 Å². The predicted molar refractivity (Wildman–Crippen MR) is 88.7 cm³/mol. The first-order valence-corrected chi connectivity index (χ1v) is 7.72. The minimum absolute atomic E-state index is 0.0236. The van der Waals surface area contributed by atoms with Gasteiger partial charge in [-0.3, -0.25) is 9.59 Å². The normalized spacial score (nSPS) is 18.1. The summed E-state index contributed by atoms with van der Waals surface area (Å²) in [6.45, 7) is 6.18. The number of benzene rings is 1. The summed E-state index contributed by atoms with van der Waals surface area (Å²) >= 11 is 0. The van der Waals surface area contributed by atoms with Crippen molar-refractivity contribution in [3.8, 4) is 0 Å². The van der Waals surface area contributed by atoms with Crippen LogP contribution in [-0.2, 0) is 0 Å². The standard InChI is InChI=1S/C17H20N4O2/c1-12-5-3-4-6-15(12)20-7-8-21(13(2)10-20)17(23)14-9-18-11-19-16(14)22/h3-6,9,11,13H,7-8,10H2,1-2H3,(H,18,19,22). The molecule has 6 nitrogen and oxygen atoms in total. The number of nitrogens with one attached hydrogen (secondary N) is 1. The van der Waals surface area contributed by atoms with Gasteiger partial charge in [-0.2, -0.15) is 0 Å². The van der Waals surface area contributed by atoms with Gasteiger partial charge in [0.25, 0.3) is 11.5 Å². The minimum Gasteiger partial charge on any atom is -0.367 e. The van der Waals surface area contributed by atoms with Crippen LogP contribution < -0.4 is 10.5 Å². The summed E-state index contributed by atoms with van der Waals surface area (Å²) in [6.07, 6.45) is 2.63. The summed E-state index contributed by atoms with van der Waals surface area (Å²) in [4.78, 5) is 34.7. The number of carbonyl (C=O) groups excluding carboxylic acids is 1. The Morgan fingerprint density at radius 2 is 2.09 bits per heavy atom. The smallest absolute Gasteiger partial charge is 0.263 e. The number of anilines is 1. The molecule has 1 amide bonds. The molecule has 23 heavy (non-hydrogen) atoms. The topological polar surface area (TPSA) is 69.3 Å². The van der Waals surface area contributed by atoms with E-state index in [-0.39, 0.29) is 17.5 Å². The van der Waals surface area contributed by atoms with E-state index in [1.54, 1.807) is 4.90 Å². The summed E-state index contributed by atoms with van der Waals surface area (Å²) in [6, 6.07) is 8.27. The van der Waals surface area contributed by atoms with Crippen molar-refractivity contribution >= 4 is 11.6 Å². The van der Waals surface area contributed by atoms with Gasteiger partial charge in [-0.15, -0.1) is 0 Å². The Hall–Kier alpha value is -2.63. The first-order chi connectivity index (χ1) is 11.1. The number of carbonyl (C=O) groups is 1. The fraction of sp³-hybridized carbons (Fsp3) is 0.353. The van der Waals surface area contributed by atoms with Crippen molar-refractivity contribution in [1.82, 2.24) is 14.9 Å². The van der Waals surface area contributed by atoms with E-state index in [1.165, 1.54) is 23.8 Å². The highest BCUT2D eigenvalue weighted by Gasteiger charge is 2.29. The molecule has 1 aliphatic rings. The van der Waals surface area contributed by atoms with Crippen LogP contribution in [0, 0.1) is 6.92 Å². The van der Waals surface area contributed by atoms with Gasteiger partial charge in [-0.05, 0) is 25.5 Å². The molecule has 1 unspecified atom stereocenters. The molecule has 6 heteroatoms. The molecule has 0 saturated carbocycles. The highest BCUT2D eigenvalue weighted by molar-refractivity contribution is 5.93. The molecule has 1 fully saturated rings. The highest BCUT2D eigenvalue weighted by atomic mass is 16.2. The van der Waals surface area contributed by atoms with Crippen LogP contribution in [0.25, 0.3) is 0 Å². The van der Waals surface area contributed by atoms with Gasteiger partial charge in [0.1, 0.15) is 5.56 Å². The maximum Gasteiger partial charge on any atom is 0.263 e. The fourth-order valence-electron chi connectivity index (χ4n) is 3.05. The SMILES string of the molecule is Cc1ccccc1N1CCN(C(=O)c2cnc[nH]c2=O)C(C)C1. The summed E-state index contributed by atoms with van der Waals surface area (Å²) in [5, 5.41) is 0. The molecule has 2 heterocycles. The molecule has 3 rings (SSSR count). The third-order valence-electron chi connectivity index (χ3n) is 4.29. The molecule has 0 spiro atoms. The van der Waals surface area contributed by atoms with Crippen LogP contribution in [0.3, 0.4) is 0 Å². The van der Waals surface area contributed by atoms with E-state index in [4.69, 9.17) is 0 Å². The second-order valence-corrected chi connectivity index (χ2v) is 5.87. The van der Waals surface area contributed by atoms with E-state index >= 15 is 0 Å². The average molecular weight is 312 g/mol. The van der Waals surface area contributed by atoms with E-state index < -0.39 is 5.56 Å². The zero-order chi connectivity index (χ0) is 16.4. The fourth-order valence-corrected chi connectivity index (χ4v) is 3.05. The van der Waals surface area contributed by atoms with E-state index in [2.05, 4.69) is 33.9 Å². The largest absolute Gasteiger partial charge is 0.367 e. The molecule has 1 saturated heterocycles. The Bertz CT molecular complexity index is 771. The first kappa shape index (κ1) is 15.3. The molecular weight excluding hydrogens is 292 g/mol. The quantitative estimate of drug-likeness (QED) is 0.911. The number of para-hydroxylation sites is 1. The van der Waals surface area contributed by atoms with Gasteiger partial charge in [-0.25, -0.2) is 4.98 Å². The molecule has 120 valence electrons. The van der Waals surface area contributed by atoms with Crippen LogP contribution in [0.2, 0.25) is 0 Å². The molecule has 2 aromatic rings. The summed E-state index contributed by atoms with van der Waals surface area (Å²) < 4.78 is 0. The average Bonchev–Trinajstić information content (AvgIpc) is 2.55.